The molecule has 0 bridgehead atoms. The normalized spacial score (nSPS) is 10.8. The van der Waals surface area contributed by atoms with Crippen LogP contribution in [0.25, 0.3) is 22.6 Å². The van der Waals surface area contributed by atoms with Gasteiger partial charge in [0.15, 0.2) is 5.58 Å². The van der Waals surface area contributed by atoms with Crippen LogP contribution in [0.1, 0.15) is 0 Å². The van der Waals surface area contributed by atoms with Crippen molar-refractivity contribution in [1.29, 1.82) is 0 Å². The van der Waals surface area contributed by atoms with E-state index >= 15 is 0 Å². The Morgan fingerprint density at radius 1 is 0.913 bits per heavy atom. The number of nitrogens with one attached hydrogen (secondary N) is 1. The van der Waals surface area contributed by atoms with E-state index in [1.165, 1.54) is 0 Å². The minimum absolute atomic E-state index is 0.456. The Kier molecular flexibility index (Phi) is 3.40. The number of para-hydroxylation sites is 3. The lowest BCUT2D eigenvalue weighted by Gasteiger charge is -2.06. The van der Waals surface area contributed by atoms with Crippen molar-refractivity contribution in [3.05, 3.63) is 65.9 Å². The van der Waals surface area contributed by atoms with Gasteiger partial charge in [-0.15, -0.1) is 0 Å². The van der Waals surface area contributed by atoms with E-state index in [-0.39, 0.29) is 0 Å². The first kappa shape index (κ1) is 13.7. The Labute approximate surface area is 137 Å². The van der Waals surface area contributed by atoms with Gasteiger partial charge in [0.05, 0.1) is 16.3 Å². The lowest BCUT2D eigenvalue weighted by molar-refractivity contribution is 0.619. The van der Waals surface area contributed by atoms with Crippen LogP contribution in [-0.2, 0) is 0 Å². The van der Waals surface area contributed by atoms with Crippen molar-refractivity contribution in [2.45, 2.75) is 0 Å². The van der Waals surface area contributed by atoms with E-state index < -0.39 is 0 Å². The molecule has 4 aromatic rings. The van der Waals surface area contributed by atoms with E-state index in [9.17, 15) is 0 Å². The summed E-state index contributed by atoms with van der Waals surface area (Å²) in [6, 6.07) is 15.0. The van der Waals surface area contributed by atoms with Gasteiger partial charge in [0, 0.05) is 12.4 Å². The zero-order valence-corrected chi connectivity index (χ0v) is 12.7. The maximum absolute atomic E-state index is 6.10. The van der Waals surface area contributed by atoms with Crippen LogP contribution >= 0.6 is 11.6 Å². The van der Waals surface area contributed by atoms with Crippen molar-refractivity contribution in [1.82, 2.24) is 15.0 Å². The van der Waals surface area contributed by atoms with Crippen LogP contribution in [-0.4, -0.2) is 15.0 Å². The van der Waals surface area contributed by atoms with Gasteiger partial charge in [-0.3, -0.25) is 0 Å². The number of oxazole rings is 1. The first-order valence-corrected chi connectivity index (χ1v) is 7.37. The number of anilines is 2. The SMILES string of the molecule is Clc1ccccc1Nc1ncc(-c2nc3ccccc3o2)cn1. The summed E-state index contributed by atoms with van der Waals surface area (Å²) in [5.41, 5.74) is 3.01. The number of fused-ring (bicyclic) bond motifs is 1. The average Bonchev–Trinajstić information content (AvgIpc) is 3.02. The van der Waals surface area contributed by atoms with Gasteiger partial charge in [-0.1, -0.05) is 35.9 Å². The topological polar surface area (TPSA) is 63.8 Å². The molecule has 2 aromatic carbocycles. The third-order valence-electron chi connectivity index (χ3n) is 3.31. The van der Waals surface area contributed by atoms with Gasteiger partial charge in [0.1, 0.15) is 5.52 Å². The third kappa shape index (κ3) is 2.74. The van der Waals surface area contributed by atoms with Gasteiger partial charge in [-0.25, -0.2) is 15.0 Å². The number of hydrogen-bond donors (Lipinski definition) is 1. The molecule has 0 aliphatic heterocycles. The maximum atomic E-state index is 6.10. The molecule has 0 amide bonds. The second-order valence-electron chi connectivity index (χ2n) is 4.89. The highest BCUT2D eigenvalue weighted by molar-refractivity contribution is 6.33. The molecule has 0 spiro atoms. The van der Waals surface area contributed by atoms with Crippen molar-refractivity contribution < 1.29 is 4.42 Å². The summed E-state index contributed by atoms with van der Waals surface area (Å²) >= 11 is 6.10. The summed E-state index contributed by atoms with van der Waals surface area (Å²) < 4.78 is 5.70. The average molecular weight is 323 g/mol. The summed E-state index contributed by atoms with van der Waals surface area (Å²) in [6.45, 7) is 0. The summed E-state index contributed by atoms with van der Waals surface area (Å²) in [7, 11) is 0. The summed E-state index contributed by atoms with van der Waals surface area (Å²) in [5, 5.41) is 3.68. The monoisotopic (exact) mass is 322 g/mol. The Hall–Kier alpha value is -2.92. The number of halogens is 1. The highest BCUT2D eigenvalue weighted by Gasteiger charge is 2.09. The summed E-state index contributed by atoms with van der Waals surface area (Å²) in [6.07, 6.45) is 3.33. The van der Waals surface area contributed by atoms with Crippen LogP contribution in [0, 0.1) is 0 Å². The lowest BCUT2D eigenvalue weighted by Crippen LogP contribution is -1.97. The Balaban J connectivity index is 1.61. The van der Waals surface area contributed by atoms with Crippen molar-refractivity contribution >= 4 is 34.3 Å². The minimum atomic E-state index is 0.456. The minimum Gasteiger partial charge on any atom is -0.436 e. The van der Waals surface area contributed by atoms with Crippen LogP contribution in [0.4, 0.5) is 11.6 Å². The molecule has 0 radical (unpaired) electrons. The molecule has 0 atom stereocenters. The highest BCUT2D eigenvalue weighted by Crippen LogP contribution is 2.25. The molecule has 4 rings (SSSR count). The van der Waals surface area contributed by atoms with Crippen molar-refractivity contribution in [3.63, 3.8) is 0 Å². The van der Waals surface area contributed by atoms with E-state index in [1.807, 2.05) is 42.5 Å². The molecule has 112 valence electrons. The molecule has 0 aliphatic carbocycles. The van der Waals surface area contributed by atoms with Gasteiger partial charge in [0.2, 0.25) is 11.8 Å². The van der Waals surface area contributed by atoms with Crippen LogP contribution in [0.15, 0.2) is 65.3 Å². The van der Waals surface area contributed by atoms with Crippen LogP contribution in [0.5, 0.6) is 0 Å². The standard InChI is InChI=1S/C17H11ClN4O/c18-12-5-1-2-6-13(12)22-17-19-9-11(10-20-17)16-21-14-7-3-4-8-15(14)23-16/h1-10H,(H,19,20,22). The van der Waals surface area contributed by atoms with Crippen molar-refractivity contribution in [2.75, 3.05) is 5.32 Å². The second-order valence-corrected chi connectivity index (χ2v) is 5.29. The highest BCUT2D eigenvalue weighted by atomic mass is 35.5. The zero-order valence-electron chi connectivity index (χ0n) is 11.9. The molecular weight excluding hydrogens is 312 g/mol. The molecule has 0 unspecified atom stereocenters. The number of nitrogens with zero attached hydrogens (tertiary/aromatic N) is 3. The fraction of sp³-hybridized carbons (Fsp3) is 0. The largest absolute Gasteiger partial charge is 0.436 e. The van der Waals surface area contributed by atoms with E-state index in [1.54, 1.807) is 18.5 Å². The molecule has 23 heavy (non-hydrogen) atoms. The van der Waals surface area contributed by atoms with Crippen LogP contribution < -0.4 is 5.32 Å². The Bertz CT molecular complexity index is 933. The van der Waals surface area contributed by atoms with Crippen LogP contribution in [0.2, 0.25) is 5.02 Å². The quantitative estimate of drug-likeness (QED) is 0.593. The second kappa shape index (κ2) is 5.70. The molecule has 1 N–H and O–H groups in total. The lowest BCUT2D eigenvalue weighted by atomic mass is 10.3. The number of hydrogen-bond acceptors (Lipinski definition) is 5. The first-order chi connectivity index (χ1) is 11.3. The molecule has 5 nitrogen and oxygen atoms in total. The van der Waals surface area contributed by atoms with E-state index in [4.69, 9.17) is 16.0 Å². The van der Waals surface area contributed by atoms with E-state index in [0.29, 0.717) is 22.4 Å². The van der Waals surface area contributed by atoms with Gasteiger partial charge in [-0.05, 0) is 24.3 Å². The molecular formula is C17H11ClN4O. The summed E-state index contributed by atoms with van der Waals surface area (Å²) in [5.74, 6) is 0.952. The Morgan fingerprint density at radius 2 is 1.65 bits per heavy atom. The van der Waals surface area contributed by atoms with Gasteiger partial charge in [-0.2, -0.15) is 0 Å². The van der Waals surface area contributed by atoms with Gasteiger partial charge >= 0.3 is 0 Å². The molecule has 6 heteroatoms. The van der Waals surface area contributed by atoms with E-state index in [2.05, 4.69) is 20.3 Å². The first-order valence-electron chi connectivity index (χ1n) is 6.99. The molecule has 0 saturated carbocycles. The fourth-order valence-electron chi connectivity index (χ4n) is 2.18. The molecule has 2 heterocycles. The Morgan fingerprint density at radius 3 is 2.43 bits per heavy atom. The molecule has 0 fully saturated rings. The smallest absolute Gasteiger partial charge is 0.230 e. The third-order valence-corrected chi connectivity index (χ3v) is 3.64. The summed E-state index contributed by atoms with van der Waals surface area (Å²) in [4.78, 5) is 13.0. The number of rotatable bonds is 3. The molecule has 2 aromatic heterocycles. The predicted molar refractivity (Wildman–Crippen MR) is 89.8 cm³/mol. The van der Waals surface area contributed by atoms with Crippen LogP contribution in [0.3, 0.4) is 0 Å². The van der Waals surface area contributed by atoms with E-state index in [0.717, 1.165) is 16.8 Å². The molecule has 0 aliphatic rings. The van der Waals surface area contributed by atoms with Gasteiger partial charge in [0.25, 0.3) is 0 Å². The molecule has 0 saturated heterocycles. The fourth-order valence-corrected chi connectivity index (χ4v) is 2.36. The maximum Gasteiger partial charge on any atom is 0.230 e. The number of benzene rings is 2. The van der Waals surface area contributed by atoms with Gasteiger partial charge < -0.3 is 9.73 Å². The zero-order chi connectivity index (χ0) is 15.6. The number of aromatic nitrogens is 3. The predicted octanol–water partition coefficient (Wildman–Crippen LogP) is 4.68. The van der Waals surface area contributed by atoms with Crippen molar-refractivity contribution in [2.24, 2.45) is 0 Å². The van der Waals surface area contributed by atoms with Crippen molar-refractivity contribution in [3.8, 4) is 11.5 Å².